The van der Waals surface area contributed by atoms with E-state index in [2.05, 4.69) is 15.9 Å². The van der Waals surface area contributed by atoms with E-state index in [-0.39, 0.29) is 10.2 Å². The Hall–Kier alpha value is -0.900. The third-order valence-electron chi connectivity index (χ3n) is 1.32. The van der Waals surface area contributed by atoms with Crippen LogP contribution in [0.25, 0.3) is 0 Å². The number of nitrogen functional groups attached to an aromatic ring is 1. The number of hydrogen-bond acceptors (Lipinski definition) is 2. The molecule has 0 saturated heterocycles. The van der Waals surface area contributed by atoms with Crippen LogP contribution in [0.5, 0.6) is 0 Å². The van der Waals surface area contributed by atoms with Crippen LogP contribution in [-0.4, -0.2) is 6.21 Å². The van der Waals surface area contributed by atoms with Crippen LogP contribution >= 0.6 is 15.9 Å². The Kier molecular flexibility index (Phi) is 2.24. The van der Waals surface area contributed by atoms with Gasteiger partial charge in [0.25, 0.3) is 0 Å². The normalized spacial score (nSPS) is 9.64. The summed E-state index contributed by atoms with van der Waals surface area (Å²) in [4.78, 5) is 0. The summed E-state index contributed by atoms with van der Waals surface area (Å²) in [7, 11) is 0. The number of anilines is 1. The maximum atomic E-state index is 12.7. The van der Waals surface area contributed by atoms with Crippen molar-refractivity contribution in [3.63, 3.8) is 0 Å². The van der Waals surface area contributed by atoms with Crippen LogP contribution in [0.3, 0.4) is 0 Å². The van der Waals surface area contributed by atoms with Crippen molar-refractivity contribution < 1.29 is 4.39 Å². The Bertz CT molecular complexity index is 299. The molecule has 1 aromatic rings. The molecule has 0 radical (unpaired) electrons. The number of benzene rings is 1. The van der Waals surface area contributed by atoms with E-state index in [1.807, 2.05) is 0 Å². The lowest BCUT2D eigenvalue weighted by molar-refractivity contribution is 0.622. The quantitative estimate of drug-likeness (QED) is 0.549. The Morgan fingerprint density at radius 2 is 2.18 bits per heavy atom. The first kappa shape index (κ1) is 8.20. The molecule has 1 rings (SSSR count). The summed E-state index contributed by atoms with van der Waals surface area (Å²) in [6.07, 6.45) is 1.08. The maximum absolute atomic E-state index is 12.7. The second-order valence-corrected chi connectivity index (χ2v) is 2.80. The van der Waals surface area contributed by atoms with Crippen molar-refractivity contribution in [3.8, 4) is 0 Å². The summed E-state index contributed by atoms with van der Waals surface area (Å²) < 4.78 is 12.9. The molecular formula is C7H6BrFN2. The number of hydrogen-bond donors (Lipinski definition) is 2. The van der Waals surface area contributed by atoms with E-state index >= 15 is 0 Å². The average Bonchev–Trinajstić information content (AvgIpc) is 2.01. The molecule has 11 heavy (non-hydrogen) atoms. The molecule has 1 aromatic carbocycles. The molecule has 0 amide bonds. The second kappa shape index (κ2) is 3.00. The van der Waals surface area contributed by atoms with Gasteiger partial charge in [-0.15, -0.1) is 0 Å². The van der Waals surface area contributed by atoms with Gasteiger partial charge in [0.15, 0.2) is 0 Å². The third kappa shape index (κ3) is 1.40. The monoisotopic (exact) mass is 216 g/mol. The molecule has 0 aromatic heterocycles. The van der Waals surface area contributed by atoms with Crippen molar-refractivity contribution in [3.05, 3.63) is 28.0 Å². The third-order valence-corrected chi connectivity index (χ3v) is 2.13. The predicted molar refractivity (Wildman–Crippen MR) is 46.4 cm³/mol. The highest BCUT2D eigenvalue weighted by molar-refractivity contribution is 9.10. The van der Waals surface area contributed by atoms with Crippen LogP contribution in [0.2, 0.25) is 0 Å². The van der Waals surface area contributed by atoms with Gasteiger partial charge in [0.1, 0.15) is 5.82 Å². The average molecular weight is 217 g/mol. The fourth-order valence-electron chi connectivity index (χ4n) is 0.707. The minimum absolute atomic E-state index is 0.221. The molecule has 58 valence electrons. The summed E-state index contributed by atoms with van der Waals surface area (Å²) in [5, 5.41) is 6.90. The molecule has 0 aliphatic heterocycles. The van der Waals surface area contributed by atoms with Crippen LogP contribution in [0.4, 0.5) is 10.1 Å². The van der Waals surface area contributed by atoms with Gasteiger partial charge in [0, 0.05) is 11.8 Å². The smallest absolute Gasteiger partial charge is 0.139 e. The van der Waals surface area contributed by atoms with Crippen LogP contribution in [0.15, 0.2) is 16.6 Å². The van der Waals surface area contributed by atoms with Crippen molar-refractivity contribution in [2.75, 3.05) is 5.73 Å². The number of nitrogens with two attached hydrogens (primary N) is 1. The first-order chi connectivity index (χ1) is 5.16. The molecule has 3 N–H and O–H groups in total. The van der Waals surface area contributed by atoms with E-state index in [1.54, 1.807) is 0 Å². The van der Waals surface area contributed by atoms with Gasteiger partial charge in [0.05, 0.1) is 10.2 Å². The Labute approximate surface area is 71.9 Å². The lowest BCUT2D eigenvalue weighted by Crippen LogP contribution is -1.95. The van der Waals surface area contributed by atoms with Gasteiger partial charge in [-0.05, 0) is 28.1 Å². The summed E-state index contributed by atoms with van der Waals surface area (Å²) in [6.45, 7) is 0. The first-order valence-corrected chi connectivity index (χ1v) is 3.70. The predicted octanol–water partition coefficient (Wildman–Crippen LogP) is 2.17. The highest BCUT2D eigenvalue weighted by Crippen LogP contribution is 2.25. The zero-order valence-corrected chi connectivity index (χ0v) is 7.15. The van der Waals surface area contributed by atoms with Crippen LogP contribution in [0, 0.1) is 11.2 Å². The molecule has 0 aliphatic carbocycles. The fourth-order valence-corrected chi connectivity index (χ4v) is 1.07. The van der Waals surface area contributed by atoms with E-state index in [4.69, 9.17) is 11.1 Å². The topological polar surface area (TPSA) is 49.9 Å². The molecule has 0 saturated carbocycles. The highest BCUT2D eigenvalue weighted by Gasteiger charge is 2.05. The zero-order chi connectivity index (χ0) is 8.43. The molecule has 0 heterocycles. The summed E-state index contributed by atoms with van der Waals surface area (Å²) >= 11 is 2.97. The SMILES string of the molecule is N=Cc1ccc(F)c(Br)c1N. The van der Waals surface area contributed by atoms with Gasteiger partial charge in [-0.2, -0.15) is 0 Å². The summed E-state index contributed by atoms with van der Waals surface area (Å²) in [5.74, 6) is -0.409. The first-order valence-electron chi connectivity index (χ1n) is 2.90. The van der Waals surface area contributed by atoms with Crippen molar-refractivity contribution >= 4 is 27.8 Å². The number of rotatable bonds is 1. The van der Waals surface area contributed by atoms with E-state index in [1.165, 1.54) is 12.1 Å². The van der Waals surface area contributed by atoms with E-state index in [0.29, 0.717) is 5.56 Å². The van der Waals surface area contributed by atoms with Crippen LogP contribution in [-0.2, 0) is 0 Å². The lowest BCUT2D eigenvalue weighted by Gasteiger charge is -2.01. The second-order valence-electron chi connectivity index (χ2n) is 2.01. The number of nitrogens with one attached hydrogen (secondary N) is 1. The molecule has 2 nitrogen and oxygen atoms in total. The maximum Gasteiger partial charge on any atom is 0.139 e. The van der Waals surface area contributed by atoms with Gasteiger partial charge in [-0.3, -0.25) is 0 Å². The molecule has 0 spiro atoms. The summed E-state index contributed by atoms with van der Waals surface area (Å²) in [6, 6.07) is 2.73. The number of halogens is 2. The molecule has 0 aliphatic rings. The van der Waals surface area contributed by atoms with E-state index < -0.39 is 5.82 Å². The molecule has 0 unspecified atom stereocenters. The van der Waals surface area contributed by atoms with Gasteiger partial charge >= 0.3 is 0 Å². The lowest BCUT2D eigenvalue weighted by atomic mass is 10.2. The van der Waals surface area contributed by atoms with Crippen molar-refractivity contribution in [2.45, 2.75) is 0 Å². The molecular weight excluding hydrogens is 211 g/mol. The standard InChI is InChI=1S/C7H6BrFN2/c8-6-5(9)2-1-4(3-10)7(6)11/h1-3,10H,11H2. The van der Waals surface area contributed by atoms with Gasteiger partial charge in [0.2, 0.25) is 0 Å². The van der Waals surface area contributed by atoms with Gasteiger partial charge < -0.3 is 11.1 Å². The molecule has 0 atom stereocenters. The van der Waals surface area contributed by atoms with Gasteiger partial charge in [-0.25, -0.2) is 4.39 Å². The molecule has 4 heteroatoms. The largest absolute Gasteiger partial charge is 0.397 e. The van der Waals surface area contributed by atoms with Crippen LogP contribution in [0.1, 0.15) is 5.56 Å². The molecule has 0 bridgehead atoms. The Morgan fingerprint density at radius 1 is 1.55 bits per heavy atom. The van der Waals surface area contributed by atoms with Gasteiger partial charge in [-0.1, -0.05) is 0 Å². The molecule has 0 fully saturated rings. The zero-order valence-electron chi connectivity index (χ0n) is 5.57. The minimum atomic E-state index is -0.409. The van der Waals surface area contributed by atoms with Crippen molar-refractivity contribution in [2.24, 2.45) is 0 Å². The Morgan fingerprint density at radius 3 is 2.73 bits per heavy atom. The fraction of sp³-hybridized carbons (Fsp3) is 0. The van der Waals surface area contributed by atoms with E-state index in [9.17, 15) is 4.39 Å². The summed E-state index contributed by atoms with van der Waals surface area (Å²) in [5.41, 5.74) is 6.23. The highest BCUT2D eigenvalue weighted by atomic mass is 79.9. The van der Waals surface area contributed by atoms with Crippen molar-refractivity contribution in [1.82, 2.24) is 0 Å². The van der Waals surface area contributed by atoms with Crippen LogP contribution < -0.4 is 5.73 Å². The Balaban J connectivity index is 3.36. The van der Waals surface area contributed by atoms with E-state index in [0.717, 1.165) is 6.21 Å². The minimum Gasteiger partial charge on any atom is -0.397 e. The van der Waals surface area contributed by atoms with Crippen molar-refractivity contribution in [1.29, 1.82) is 5.41 Å².